The molecule has 1 aromatic carbocycles. The van der Waals surface area contributed by atoms with Gasteiger partial charge in [-0.15, -0.1) is 23.1 Å². The topological polar surface area (TPSA) is 229 Å². The number of thioether (sulfide) groups is 1. The fourth-order valence-electron chi connectivity index (χ4n) is 5.31. The summed E-state index contributed by atoms with van der Waals surface area (Å²) in [7, 11) is 0. The summed E-state index contributed by atoms with van der Waals surface area (Å²) in [4.78, 5) is 62.8. The predicted octanol–water partition coefficient (Wildman–Crippen LogP) is 1.96. The summed E-state index contributed by atoms with van der Waals surface area (Å²) in [5.41, 5.74) is 2.62. The lowest BCUT2D eigenvalue weighted by Crippen LogP contribution is -2.72. The first-order valence-electron chi connectivity index (χ1n) is 14.0. The molecule has 4 aromatic rings. The monoisotopic (exact) mass is 709 g/mol. The number of carbonyl (C=O) groups is 4. The zero-order chi connectivity index (χ0) is 34.2. The molecule has 0 saturated carbocycles. The smallest absolute Gasteiger partial charge is 0.362 e. The summed E-state index contributed by atoms with van der Waals surface area (Å²) < 4.78 is 2.03. The molecular formula is C30H25N6O9S3+. The van der Waals surface area contributed by atoms with E-state index in [1.54, 1.807) is 17.4 Å². The Morgan fingerprint density at radius 1 is 1.19 bits per heavy atom. The number of aromatic nitrogens is 2. The van der Waals surface area contributed by atoms with E-state index in [-0.39, 0.29) is 22.1 Å². The Kier molecular flexibility index (Phi) is 8.78. The standard InChI is InChI=1S/C30H24N6O9S3/c31-29-33-21(14-48-29)30(28(43)44,16-5-6-18(37)19(38)11-16)45-32-12-22(39)34-23-17-13-47-20(24(27(41)42)36(17)25(23)40)4-2-9-35-8-1-3-15-7-10-46-26(15)35/h1-8,10-12,14,17,23H,9,13H2,(H6-,31,32,33,34,37,38,39,41,42,43,44)/p+1. The van der Waals surface area contributed by atoms with Gasteiger partial charge in [0.15, 0.2) is 29.4 Å². The van der Waals surface area contributed by atoms with E-state index in [0.717, 1.165) is 44.7 Å². The molecule has 1 fully saturated rings. The van der Waals surface area contributed by atoms with Gasteiger partial charge in [-0.1, -0.05) is 16.5 Å². The molecule has 0 bridgehead atoms. The van der Waals surface area contributed by atoms with Gasteiger partial charge in [0.1, 0.15) is 23.6 Å². The molecule has 0 aliphatic carbocycles. The minimum absolute atomic E-state index is 0.00526. The average molecular weight is 710 g/mol. The van der Waals surface area contributed by atoms with E-state index in [2.05, 4.69) is 15.5 Å². The predicted molar refractivity (Wildman–Crippen MR) is 175 cm³/mol. The van der Waals surface area contributed by atoms with Crippen molar-refractivity contribution < 1.29 is 49.0 Å². The number of carboxylic acids is 2. The number of fused-ring (bicyclic) bond motifs is 2. The first-order valence-corrected chi connectivity index (χ1v) is 16.7. The molecule has 2 aliphatic heterocycles. The van der Waals surface area contributed by atoms with Crippen LogP contribution in [0, 0.1) is 0 Å². The average Bonchev–Trinajstić information content (AvgIpc) is 3.72. The number of anilines is 1. The van der Waals surface area contributed by atoms with Crippen molar-refractivity contribution in [1.29, 1.82) is 0 Å². The number of nitrogens with zero attached hydrogens (tertiary/aromatic N) is 4. The van der Waals surface area contributed by atoms with E-state index >= 15 is 0 Å². The number of nitrogens with two attached hydrogens (primary N) is 1. The first kappa shape index (κ1) is 32.5. The number of oxime groups is 1. The fourth-order valence-corrected chi connectivity index (χ4v) is 8.00. The quantitative estimate of drug-likeness (QED) is 0.0432. The molecule has 18 heteroatoms. The highest BCUT2D eigenvalue weighted by Crippen LogP contribution is 2.41. The third-order valence-corrected chi connectivity index (χ3v) is 10.4. The number of amides is 2. The summed E-state index contributed by atoms with van der Waals surface area (Å²) in [5, 5.41) is 50.4. The molecule has 15 nitrogen and oxygen atoms in total. The van der Waals surface area contributed by atoms with Crippen molar-refractivity contribution in [2.75, 3.05) is 11.5 Å². The molecule has 6 rings (SSSR count). The Hall–Kier alpha value is -5.46. The van der Waals surface area contributed by atoms with Crippen LogP contribution in [0.4, 0.5) is 5.13 Å². The van der Waals surface area contributed by atoms with E-state index in [1.807, 2.05) is 40.4 Å². The fraction of sp³-hybridized carbons (Fsp3) is 0.167. The highest BCUT2D eigenvalue weighted by molar-refractivity contribution is 8.03. The van der Waals surface area contributed by atoms with E-state index in [4.69, 9.17) is 10.6 Å². The second-order valence-electron chi connectivity index (χ2n) is 10.4. The van der Waals surface area contributed by atoms with Crippen LogP contribution in [0.3, 0.4) is 0 Å². The number of hydrogen-bond acceptors (Lipinski definition) is 13. The number of benzene rings is 1. The summed E-state index contributed by atoms with van der Waals surface area (Å²) in [5.74, 6) is -5.34. The number of pyridine rings is 1. The number of carbonyl (C=O) groups excluding carboxylic acids is 2. The van der Waals surface area contributed by atoms with E-state index in [9.17, 15) is 39.6 Å². The summed E-state index contributed by atoms with van der Waals surface area (Å²) in [6, 6.07) is 7.36. The third kappa shape index (κ3) is 5.80. The van der Waals surface area contributed by atoms with Gasteiger partial charge < -0.3 is 36.3 Å². The van der Waals surface area contributed by atoms with Gasteiger partial charge in [-0.05, 0) is 47.9 Å². The maximum Gasteiger partial charge on any atom is 0.362 e. The molecule has 1 saturated heterocycles. The van der Waals surface area contributed by atoms with Crippen molar-refractivity contribution in [1.82, 2.24) is 15.2 Å². The second kappa shape index (κ2) is 13.0. The molecule has 246 valence electrons. The molecular weight excluding hydrogens is 685 g/mol. The minimum Gasteiger partial charge on any atom is -0.504 e. The number of aliphatic carboxylic acids is 2. The van der Waals surface area contributed by atoms with Crippen LogP contribution in [0.5, 0.6) is 11.5 Å². The molecule has 3 aromatic heterocycles. The van der Waals surface area contributed by atoms with Gasteiger partial charge in [0.25, 0.3) is 16.6 Å². The van der Waals surface area contributed by atoms with Crippen molar-refractivity contribution in [2.24, 2.45) is 5.16 Å². The lowest BCUT2D eigenvalue weighted by atomic mass is 9.90. The molecule has 0 radical (unpaired) electrons. The number of β-lactam (4-membered cyclic amide) rings is 1. The number of thiophene rings is 1. The van der Waals surface area contributed by atoms with Gasteiger partial charge in [-0.2, -0.15) is 4.57 Å². The number of nitrogen functional groups attached to an aromatic ring is 1. The number of aromatic hydroxyl groups is 2. The van der Waals surface area contributed by atoms with Crippen LogP contribution in [0.1, 0.15) is 11.3 Å². The van der Waals surface area contributed by atoms with Gasteiger partial charge in [0, 0.05) is 27.7 Å². The van der Waals surface area contributed by atoms with Crippen molar-refractivity contribution in [2.45, 2.75) is 24.2 Å². The highest BCUT2D eigenvalue weighted by atomic mass is 32.2. The Bertz CT molecular complexity index is 2060. The van der Waals surface area contributed by atoms with Gasteiger partial charge >= 0.3 is 17.5 Å². The number of phenolic OH excluding ortho intramolecular Hbond substituents is 2. The summed E-state index contributed by atoms with van der Waals surface area (Å²) in [6.45, 7) is 0.485. The van der Waals surface area contributed by atoms with Crippen molar-refractivity contribution in [3.8, 4) is 11.5 Å². The van der Waals surface area contributed by atoms with Crippen LogP contribution < -0.4 is 15.6 Å². The first-order chi connectivity index (χ1) is 23.0. The zero-order valence-electron chi connectivity index (χ0n) is 24.4. The number of allylic oxidation sites excluding steroid dienone is 2. The Labute approximate surface area is 282 Å². The zero-order valence-corrected chi connectivity index (χ0v) is 26.9. The van der Waals surface area contributed by atoms with Gasteiger partial charge in [-0.25, -0.2) is 14.6 Å². The van der Waals surface area contributed by atoms with E-state index < -0.39 is 52.9 Å². The van der Waals surface area contributed by atoms with Crippen molar-refractivity contribution in [3.05, 3.63) is 87.4 Å². The number of thiazole rings is 1. The Morgan fingerprint density at radius 2 is 2.00 bits per heavy atom. The van der Waals surface area contributed by atoms with Crippen LogP contribution in [0.15, 0.2) is 81.3 Å². The molecule has 3 unspecified atom stereocenters. The lowest BCUT2D eigenvalue weighted by Gasteiger charge is -2.49. The highest BCUT2D eigenvalue weighted by Gasteiger charge is 2.54. The molecule has 3 atom stereocenters. The van der Waals surface area contributed by atoms with Crippen LogP contribution >= 0.6 is 34.4 Å². The van der Waals surface area contributed by atoms with Gasteiger partial charge in [-0.3, -0.25) is 14.5 Å². The number of phenols is 2. The van der Waals surface area contributed by atoms with Crippen molar-refractivity contribution >= 4 is 79.8 Å². The Balaban J connectivity index is 1.16. The number of carboxylic acid groups (broad SMARTS) is 2. The summed E-state index contributed by atoms with van der Waals surface area (Å²) in [6.07, 6.45) is 6.04. The lowest BCUT2D eigenvalue weighted by molar-refractivity contribution is -0.658. The second-order valence-corrected chi connectivity index (χ2v) is 13.3. The van der Waals surface area contributed by atoms with E-state index in [1.165, 1.54) is 17.1 Å². The van der Waals surface area contributed by atoms with Crippen LogP contribution in [0.2, 0.25) is 0 Å². The van der Waals surface area contributed by atoms with E-state index in [0.29, 0.717) is 23.4 Å². The van der Waals surface area contributed by atoms with Crippen molar-refractivity contribution in [3.63, 3.8) is 0 Å². The normalized spacial score (nSPS) is 18.9. The molecule has 5 heterocycles. The molecule has 2 aliphatic rings. The summed E-state index contributed by atoms with van der Waals surface area (Å²) >= 11 is 3.74. The maximum atomic E-state index is 13.1. The van der Waals surface area contributed by atoms with Crippen LogP contribution in [-0.2, 0) is 36.2 Å². The molecule has 0 spiro atoms. The van der Waals surface area contributed by atoms with Crippen LogP contribution in [-0.4, -0.2) is 78.1 Å². The van der Waals surface area contributed by atoms with Crippen LogP contribution in [0.25, 0.3) is 10.2 Å². The van der Waals surface area contributed by atoms with Gasteiger partial charge in [0.05, 0.1) is 11.4 Å². The minimum atomic E-state index is -2.49. The molecule has 48 heavy (non-hydrogen) atoms. The largest absolute Gasteiger partial charge is 0.504 e. The SMILES string of the molecule is Nc1nc(C(ON=CC(=O)NC2C(=O)N3C(C(=O)O)=C(C=CC[n+]4cccc5ccsc54)SCC23)(C(=O)O)c2ccc(O)c(O)c2)cs1. The molecule has 2 amide bonds. The number of nitrogens with one attached hydrogen (secondary N) is 1. The Morgan fingerprint density at radius 3 is 2.71 bits per heavy atom. The van der Waals surface area contributed by atoms with Gasteiger partial charge in [0.2, 0.25) is 0 Å². The number of rotatable bonds is 11. The molecule has 7 N–H and O–H groups in total. The number of hydrogen-bond donors (Lipinski definition) is 6. The maximum absolute atomic E-state index is 13.1. The third-order valence-electron chi connectivity index (χ3n) is 7.58.